The maximum absolute atomic E-state index is 12.7. The molecule has 3 aromatic heterocycles. The van der Waals surface area contributed by atoms with Crippen molar-refractivity contribution in [3.8, 4) is 5.75 Å². The first-order valence-electron chi connectivity index (χ1n) is 8.71. The molecular weight excluding hydrogens is 356 g/mol. The number of carbonyl (C=O) groups is 1. The lowest BCUT2D eigenvalue weighted by Gasteiger charge is -2.10. The smallest absolute Gasteiger partial charge is 0.255 e. The Morgan fingerprint density at radius 2 is 2.14 bits per heavy atom. The number of nitrogens with one attached hydrogen (secondary N) is 2. The van der Waals surface area contributed by atoms with E-state index in [1.54, 1.807) is 36.7 Å². The van der Waals surface area contributed by atoms with Crippen LogP contribution in [0.1, 0.15) is 27.5 Å². The minimum absolute atomic E-state index is 0.254. The predicted molar refractivity (Wildman–Crippen MR) is 106 cm³/mol. The lowest BCUT2D eigenvalue weighted by atomic mass is 10.1. The summed E-state index contributed by atoms with van der Waals surface area (Å²) in [6.45, 7) is 0.296. The Kier molecular flexibility index (Phi) is 4.88. The lowest BCUT2D eigenvalue weighted by molar-refractivity contribution is 0.0945. The Bertz CT molecular complexity index is 1120. The molecule has 0 bridgehead atoms. The number of carbonyl (C=O) groups excluding carboxylic acids is 1. The number of benzene rings is 1. The van der Waals surface area contributed by atoms with Crippen molar-refractivity contribution in [1.29, 1.82) is 0 Å². The molecule has 4 rings (SSSR count). The number of rotatable bonds is 6. The number of amides is 1. The number of methoxy groups -OCH3 is 1. The molecule has 0 aliphatic heterocycles. The van der Waals surface area contributed by atoms with Crippen molar-refractivity contribution in [2.75, 3.05) is 7.11 Å². The Balaban J connectivity index is 1.66. The van der Waals surface area contributed by atoms with Crippen LogP contribution in [0.5, 0.6) is 5.75 Å². The second-order valence-electron chi connectivity index (χ2n) is 6.03. The van der Waals surface area contributed by atoms with E-state index in [1.807, 2.05) is 30.4 Å². The van der Waals surface area contributed by atoms with E-state index in [0.717, 1.165) is 16.8 Å². The summed E-state index contributed by atoms with van der Waals surface area (Å²) < 4.78 is 10.8. The average Bonchev–Trinajstić information content (AvgIpc) is 3.40. The van der Waals surface area contributed by atoms with Gasteiger partial charge < -0.3 is 14.5 Å². The van der Waals surface area contributed by atoms with Gasteiger partial charge in [-0.2, -0.15) is 5.10 Å². The van der Waals surface area contributed by atoms with E-state index in [-0.39, 0.29) is 5.91 Å². The molecule has 28 heavy (non-hydrogen) atoms. The van der Waals surface area contributed by atoms with Crippen molar-refractivity contribution in [2.45, 2.75) is 6.54 Å². The zero-order chi connectivity index (χ0) is 19.3. The number of aromatic amines is 1. The lowest BCUT2D eigenvalue weighted by Crippen LogP contribution is -2.23. The van der Waals surface area contributed by atoms with Crippen molar-refractivity contribution in [3.63, 3.8) is 0 Å². The van der Waals surface area contributed by atoms with Crippen molar-refractivity contribution >= 4 is 29.0 Å². The van der Waals surface area contributed by atoms with E-state index in [0.29, 0.717) is 29.1 Å². The first kappa shape index (κ1) is 17.5. The number of hydrogen-bond donors (Lipinski definition) is 2. The van der Waals surface area contributed by atoms with E-state index in [9.17, 15) is 4.79 Å². The third-order valence-electron chi connectivity index (χ3n) is 4.26. The molecule has 0 saturated carbocycles. The van der Waals surface area contributed by atoms with Gasteiger partial charge in [-0.25, -0.2) is 0 Å². The summed E-state index contributed by atoms with van der Waals surface area (Å²) in [7, 11) is 1.54. The minimum Gasteiger partial charge on any atom is -0.495 e. The highest BCUT2D eigenvalue weighted by atomic mass is 16.5. The minimum atomic E-state index is -0.254. The van der Waals surface area contributed by atoms with Crippen LogP contribution in [0.3, 0.4) is 0 Å². The number of hydrogen-bond acceptors (Lipinski definition) is 5. The topological polar surface area (TPSA) is 93.0 Å². The molecule has 1 amide bonds. The number of ether oxygens (including phenoxy) is 1. The average molecular weight is 374 g/mol. The predicted octanol–water partition coefficient (Wildman–Crippen LogP) is 3.66. The fourth-order valence-electron chi connectivity index (χ4n) is 2.93. The molecule has 3 heterocycles. The van der Waals surface area contributed by atoms with Gasteiger partial charge in [0, 0.05) is 6.20 Å². The van der Waals surface area contributed by atoms with Crippen LogP contribution < -0.4 is 10.1 Å². The van der Waals surface area contributed by atoms with Gasteiger partial charge in [0.05, 0.1) is 47.8 Å². The Labute approximate surface area is 161 Å². The molecule has 7 nitrogen and oxygen atoms in total. The van der Waals surface area contributed by atoms with Crippen molar-refractivity contribution in [3.05, 3.63) is 77.6 Å². The quantitative estimate of drug-likeness (QED) is 0.537. The maximum atomic E-state index is 12.7. The monoisotopic (exact) mass is 374 g/mol. The molecule has 4 aromatic rings. The van der Waals surface area contributed by atoms with Crippen LogP contribution in [-0.4, -0.2) is 28.2 Å². The molecule has 0 fully saturated rings. The fourth-order valence-corrected chi connectivity index (χ4v) is 2.93. The van der Waals surface area contributed by atoms with Crippen molar-refractivity contribution in [2.24, 2.45) is 0 Å². The molecule has 7 heteroatoms. The van der Waals surface area contributed by atoms with Gasteiger partial charge in [0.1, 0.15) is 11.5 Å². The van der Waals surface area contributed by atoms with Crippen LogP contribution in [-0.2, 0) is 6.54 Å². The van der Waals surface area contributed by atoms with Gasteiger partial charge in [0.15, 0.2) is 0 Å². The number of aromatic nitrogens is 3. The van der Waals surface area contributed by atoms with Gasteiger partial charge in [-0.05, 0) is 48.6 Å². The second-order valence-corrected chi connectivity index (χ2v) is 6.03. The number of fused-ring (bicyclic) bond motifs is 1. The third kappa shape index (κ3) is 3.50. The van der Waals surface area contributed by atoms with Gasteiger partial charge in [-0.3, -0.25) is 14.9 Å². The van der Waals surface area contributed by atoms with Gasteiger partial charge >= 0.3 is 0 Å². The van der Waals surface area contributed by atoms with Gasteiger partial charge in [-0.15, -0.1) is 0 Å². The van der Waals surface area contributed by atoms with E-state index in [4.69, 9.17) is 9.15 Å². The Morgan fingerprint density at radius 1 is 1.21 bits per heavy atom. The summed E-state index contributed by atoms with van der Waals surface area (Å²) in [6, 6.07) is 12.7. The number of furan rings is 1. The highest BCUT2D eigenvalue weighted by Gasteiger charge is 2.19. The van der Waals surface area contributed by atoms with E-state index in [2.05, 4.69) is 20.5 Å². The summed E-state index contributed by atoms with van der Waals surface area (Å²) in [6.07, 6.45) is 7.04. The Morgan fingerprint density at radius 3 is 2.89 bits per heavy atom. The summed E-state index contributed by atoms with van der Waals surface area (Å²) in [5, 5.41) is 10.9. The molecular formula is C21H18N4O3. The summed E-state index contributed by atoms with van der Waals surface area (Å²) in [4.78, 5) is 17.0. The van der Waals surface area contributed by atoms with Crippen LogP contribution in [0, 0.1) is 0 Å². The van der Waals surface area contributed by atoms with E-state index >= 15 is 0 Å². The van der Waals surface area contributed by atoms with Crippen LogP contribution in [0.15, 0.2) is 59.3 Å². The van der Waals surface area contributed by atoms with Crippen molar-refractivity contribution < 1.29 is 13.9 Å². The zero-order valence-corrected chi connectivity index (χ0v) is 15.2. The second kappa shape index (κ2) is 7.79. The number of pyridine rings is 1. The fraction of sp³-hybridized carbons (Fsp3) is 0.0952. The molecule has 1 aromatic carbocycles. The molecule has 0 aliphatic rings. The van der Waals surface area contributed by atoms with Gasteiger partial charge in [0.25, 0.3) is 5.91 Å². The van der Waals surface area contributed by atoms with Gasteiger partial charge in [-0.1, -0.05) is 6.07 Å². The summed E-state index contributed by atoms with van der Waals surface area (Å²) in [5.74, 6) is 0.885. The molecule has 0 unspecified atom stereocenters. The molecule has 0 radical (unpaired) electrons. The van der Waals surface area contributed by atoms with Gasteiger partial charge in [0.2, 0.25) is 0 Å². The molecule has 0 aliphatic carbocycles. The number of H-pyrrole nitrogens is 1. The Hall–Kier alpha value is -3.87. The standard InChI is InChI=1S/C21H18N4O3/c1-27-20-16(21(26)23-13-15-6-4-12-28-15)8-10-18-19(20)17(24-25-18)9-7-14-5-2-3-11-22-14/h2-12H,13H2,1H3,(H,23,26)(H,24,25)/b9-7+. The van der Waals surface area contributed by atoms with Crippen LogP contribution in [0.4, 0.5) is 0 Å². The van der Waals surface area contributed by atoms with Crippen LogP contribution in [0.2, 0.25) is 0 Å². The van der Waals surface area contributed by atoms with Crippen LogP contribution >= 0.6 is 0 Å². The van der Waals surface area contributed by atoms with E-state index < -0.39 is 0 Å². The molecule has 0 atom stereocenters. The summed E-state index contributed by atoms with van der Waals surface area (Å²) in [5.41, 5.74) is 2.69. The first-order valence-corrected chi connectivity index (χ1v) is 8.71. The molecule has 2 N–H and O–H groups in total. The first-order chi connectivity index (χ1) is 13.8. The largest absolute Gasteiger partial charge is 0.495 e. The molecule has 140 valence electrons. The molecule has 0 saturated heterocycles. The SMILES string of the molecule is COc1c(C(=O)NCc2ccco2)ccc2n[nH]c(/C=C/c3ccccn3)c12. The zero-order valence-electron chi connectivity index (χ0n) is 15.2. The normalized spacial score (nSPS) is 11.2. The maximum Gasteiger partial charge on any atom is 0.255 e. The highest BCUT2D eigenvalue weighted by Crippen LogP contribution is 2.32. The summed E-state index contributed by atoms with van der Waals surface area (Å²) >= 11 is 0. The highest BCUT2D eigenvalue weighted by molar-refractivity contribution is 6.05. The molecule has 0 spiro atoms. The third-order valence-corrected chi connectivity index (χ3v) is 4.26. The number of nitrogens with zero attached hydrogens (tertiary/aromatic N) is 2. The van der Waals surface area contributed by atoms with E-state index in [1.165, 1.54) is 7.11 Å². The van der Waals surface area contributed by atoms with Crippen molar-refractivity contribution in [1.82, 2.24) is 20.5 Å². The van der Waals surface area contributed by atoms with Crippen LogP contribution in [0.25, 0.3) is 23.1 Å².